The molecule has 0 aliphatic heterocycles. The summed E-state index contributed by atoms with van der Waals surface area (Å²) in [6, 6.07) is 2.38. The van der Waals surface area contributed by atoms with Crippen LogP contribution in [0.1, 0.15) is 32.3 Å². The third-order valence-electron chi connectivity index (χ3n) is 3.19. The van der Waals surface area contributed by atoms with E-state index in [-0.39, 0.29) is 0 Å². The van der Waals surface area contributed by atoms with E-state index in [1.54, 1.807) is 13.3 Å². The Kier molecular flexibility index (Phi) is 6.60. The second-order valence-electron chi connectivity index (χ2n) is 4.24. The van der Waals surface area contributed by atoms with Crippen LogP contribution in [0.5, 0.6) is 0 Å². The summed E-state index contributed by atoms with van der Waals surface area (Å²) >= 11 is 0. The molecule has 1 heterocycles. The molecule has 5 heteroatoms. The van der Waals surface area contributed by atoms with E-state index in [2.05, 4.69) is 28.9 Å². The Hall–Kier alpha value is -1.20. The van der Waals surface area contributed by atoms with Crippen LogP contribution in [0.2, 0.25) is 0 Å². The highest BCUT2D eigenvalue weighted by Crippen LogP contribution is 2.21. The Morgan fingerprint density at radius 3 is 2.67 bits per heavy atom. The minimum Gasteiger partial charge on any atom is -0.383 e. The Labute approximate surface area is 109 Å². The Morgan fingerprint density at radius 2 is 2.11 bits per heavy atom. The summed E-state index contributed by atoms with van der Waals surface area (Å²) in [5.74, 6) is 0.894. The van der Waals surface area contributed by atoms with Gasteiger partial charge in [-0.3, -0.25) is 0 Å². The van der Waals surface area contributed by atoms with Gasteiger partial charge in [0.15, 0.2) is 5.82 Å². The first-order chi connectivity index (χ1) is 8.78. The lowest BCUT2D eigenvalue weighted by molar-refractivity contribution is 0.202. The molecule has 0 atom stereocenters. The quantitative estimate of drug-likeness (QED) is 0.761. The largest absolute Gasteiger partial charge is 0.383 e. The van der Waals surface area contributed by atoms with Crippen molar-refractivity contribution in [1.82, 2.24) is 10.2 Å². The van der Waals surface area contributed by atoms with Crippen LogP contribution in [0.25, 0.3) is 0 Å². The van der Waals surface area contributed by atoms with Gasteiger partial charge in [-0.25, -0.2) is 0 Å². The Bertz CT molecular complexity index is 342. The summed E-state index contributed by atoms with van der Waals surface area (Å²) in [5, 5.41) is 8.25. The van der Waals surface area contributed by atoms with Crippen molar-refractivity contribution in [3.05, 3.63) is 17.8 Å². The van der Waals surface area contributed by atoms with Gasteiger partial charge in [-0.2, -0.15) is 5.10 Å². The van der Waals surface area contributed by atoms with Crippen LogP contribution in [0.3, 0.4) is 0 Å². The van der Waals surface area contributed by atoms with Crippen LogP contribution in [0.15, 0.2) is 12.3 Å². The topological polar surface area (TPSA) is 64.3 Å². The Morgan fingerprint density at radius 1 is 1.39 bits per heavy atom. The van der Waals surface area contributed by atoms with Crippen LogP contribution >= 0.6 is 0 Å². The zero-order valence-corrected chi connectivity index (χ0v) is 11.6. The molecular formula is C13H24N4O. The van der Waals surface area contributed by atoms with Gasteiger partial charge in [0, 0.05) is 31.8 Å². The van der Waals surface area contributed by atoms with Gasteiger partial charge in [0.05, 0.1) is 12.8 Å². The van der Waals surface area contributed by atoms with Gasteiger partial charge >= 0.3 is 0 Å². The molecule has 0 bridgehead atoms. The molecule has 0 aliphatic rings. The van der Waals surface area contributed by atoms with Crippen LogP contribution < -0.4 is 10.6 Å². The van der Waals surface area contributed by atoms with E-state index in [9.17, 15) is 0 Å². The number of nitrogens with two attached hydrogens (primary N) is 1. The SMILES string of the molecule is CCC(CC)N(CCOC)c1nnccc1CN. The molecule has 102 valence electrons. The third-order valence-corrected chi connectivity index (χ3v) is 3.19. The number of rotatable bonds is 8. The second-order valence-corrected chi connectivity index (χ2v) is 4.24. The van der Waals surface area contributed by atoms with Crippen molar-refractivity contribution in [3.63, 3.8) is 0 Å². The van der Waals surface area contributed by atoms with E-state index in [1.165, 1.54) is 0 Å². The Balaban J connectivity index is 2.99. The van der Waals surface area contributed by atoms with E-state index in [4.69, 9.17) is 10.5 Å². The van der Waals surface area contributed by atoms with Crippen molar-refractivity contribution >= 4 is 5.82 Å². The summed E-state index contributed by atoms with van der Waals surface area (Å²) in [5.41, 5.74) is 6.81. The molecule has 0 spiro atoms. The molecule has 1 rings (SSSR count). The molecule has 0 radical (unpaired) electrons. The fourth-order valence-corrected chi connectivity index (χ4v) is 2.13. The molecular weight excluding hydrogens is 228 g/mol. The zero-order valence-electron chi connectivity index (χ0n) is 11.6. The van der Waals surface area contributed by atoms with Crippen LogP contribution in [-0.2, 0) is 11.3 Å². The van der Waals surface area contributed by atoms with E-state index in [0.717, 1.165) is 30.8 Å². The molecule has 1 aromatic rings. The summed E-state index contributed by atoms with van der Waals surface area (Å²) < 4.78 is 5.19. The monoisotopic (exact) mass is 252 g/mol. The van der Waals surface area contributed by atoms with Crippen LogP contribution in [0, 0.1) is 0 Å². The molecule has 5 nitrogen and oxygen atoms in total. The predicted octanol–water partition coefficient (Wildman–Crippen LogP) is 1.58. The molecule has 0 unspecified atom stereocenters. The number of hydrogen-bond acceptors (Lipinski definition) is 5. The highest BCUT2D eigenvalue weighted by atomic mass is 16.5. The van der Waals surface area contributed by atoms with Gasteiger partial charge in [-0.15, -0.1) is 5.10 Å². The van der Waals surface area contributed by atoms with Crippen molar-refractivity contribution in [1.29, 1.82) is 0 Å². The van der Waals surface area contributed by atoms with Gasteiger partial charge in [0.1, 0.15) is 0 Å². The molecule has 2 N–H and O–H groups in total. The molecule has 0 saturated heterocycles. The molecule has 0 saturated carbocycles. The first-order valence-corrected chi connectivity index (χ1v) is 6.54. The first kappa shape index (κ1) is 14.9. The maximum atomic E-state index is 5.77. The number of hydrogen-bond donors (Lipinski definition) is 1. The smallest absolute Gasteiger partial charge is 0.156 e. The third kappa shape index (κ3) is 3.65. The lowest BCUT2D eigenvalue weighted by Gasteiger charge is -2.32. The second kappa shape index (κ2) is 8.00. The minimum atomic E-state index is 0.446. The van der Waals surface area contributed by atoms with E-state index < -0.39 is 0 Å². The van der Waals surface area contributed by atoms with Gasteiger partial charge < -0.3 is 15.4 Å². The van der Waals surface area contributed by atoms with E-state index in [1.807, 2.05) is 6.07 Å². The highest BCUT2D eigenvalue weighted by Gasteiger charge is 2.19. The summed E-state index contributed by atoms with van der Waals surface area (Å²) in [4.78, 5) is 2.26. The molecule has 1 aromatic heterocycles. The van der Waals surface area contributed by atoms with Gasteiger partial charge in [0.2, 0.25) is 0 Å². The van der Waals surface area contributed by atoms with Crippen molar-refractivity contribution in [3.8, 4) is 0 Å². The number of ether oxygens (including phenoxy) is 1. The van der Waals surface area contributed by atoms with Gasteiger partial charge in [0.25, 0.3) is 0 Å². The number of anilines is 1. The van der Waals surface area contributed by atoms with Crippen molar-refractivity contribution in [2.75, 3.05) is 25.2 Å². The first-order valence-electron chi connectivity index (χ1n) is 6.54. The van der Waals surface area contributed by atoms with E-state index >= 15 is 0 Å². The average molecular weight is 252 g/mol. The summed E-state index contributed by atoms with van der Waals surface area (Å²) in [7, 11) is 1.71. The van der Waals surface area contributed by atoms with Gasteiger partial charge in [-0.05, 0) is 18.9 Å². The van der Waals surface area contributed by atoms with Crippen molar-refractivity contribution < 1.29 is 4.74 Å². The standard InChI is InChI=1S/C13H24N4O/c1-4-12(5-2)17(8-9-18-3)13-11(10-14)6-7-15-16-13/h6-7,12H,4-5,8-10,14H2,1-3H3. The maximum Gasteiger partial charge on any atom is 0.156 e. The number of nitrogens with zero attached hydrogens (tertiary/aromatic N) is 3. The molecule has 0 aliphatic carbocycles. The summed E-state index contributed by atoms with van der Waals surface area (Å²) in [6.45, 7) is 6.35. The van der Waals surface area contributed by atoms with Crippen LogP contribution in [0.4, 0.5) is 5.82 Å². The lowest BCUT2D eigenvalue weighted by Crippen LogP contribution is -2.38. The molecule has 0 amide bonds. The highest BCUT2D eigenvalue weighted by molar-refractivity contribution is 5.46. The maximum absolute atomic E-state index is 5.77. The predicted molar refractivity (Wildman–Crippen MR) is 73.5 cm³/mol. The van der Waals surface area contributed by atoms with Gasteiger partial charge in [-0.1, -0.05) is 13.8 Å². The molecule has 0 aromatic carbocycles. The molecule has 18 heavy (non-hydrogen) atoms. The number of methoxy groups -OCH3 is 1. The fourth-order valence-electron chi connectivity index (χ4n) is 2.13. The zero-order chi connectivity index (χ0) is 13.4. The fraction of sp³-hybridized carbons (Fsp3) is 0.692. The summed E-state index contributed by atoms with van der Waals surface area (Å²) in [6.07, 6.45) is 3.83. The molecule has 0 fully saturated rings. The average Bonchev–Trinajstić information content (AvgIpc) is 2.43. The van der Waals surface area contributed by atoms with E-state index in [0.29, 0.717) is 19.2 Å². The van der Waals surface area contributed by atoms with Crippen LogP contribution in [-0.4, -0.2) is 36.5 Å². The van der Waals surface area contributed by atoms with Crippen molar-refractivity contribution in [2.45, 2.75) is 39.3 Å². The number of aromatic nitrogens is 2. The van der Waals surface area contributed by atoms with Crippen molar-refractivity contribution in [2.24, 2.45) is 5.73 Å². The lowest BCUT2D eigenvalue weighted by atomic mass is 10.1. The minimum absolute atomic E-state index is 0.446. The normalized spacial score (nSPS) is 10.9.